The van der Waals surface area contributed by atoms with Crippen LogP contribution in [0.1, 0.15) is 51.0 Å². The molecule has 1 aliphatic rings. The van der Waals surface area contributed by atoms with Crippen LogP contribution in [0.5, 0.6) is 0 Å². The summed E-state index contributed by atoms with van der Waals surface area (Å²) in [4.78, 5) is 11.3. The molecule has 1 aromatic rings. The molecule has 166 valence electrons. The minimum Gasteiger partial charge on any atom is -0.393 e. The fraction of sp³-hybridized carbons (Fsp3) is 0.560. The number of aryl methyl sites for hydroxylation is 1. The first kappa shape index (κ1) is 24.3. The Morgan fingerprint density at radius 3 is 2.57 bits per heavy atom. The normalized spacial score (nSPS) is 26.4. The molecule has 0 heterocycles. The molecule has 1 saturated carbocycles. The zero-order chi connectivity index (χ0) is 21.9. The van der Waals surface area contributed by atoms with Gasteiger partial charge in [-0.05, 0) is 50.0 Å². The number of nitrogens with two attached hydrogens (primary N) is 1. The fourth-order valence-corrected chi connectivity index (χ4v) is 4.23. The van der Waals surface area contributed by atoms with Crippen molar-refractivity contribution in [2.45, 2.75) is 70.2 Å². The molecule has 6 atom stereocenters. The second kappa shape index (κ2) is 12.7. The van der Waals surface area contributed by atoms with Crippen molar-refractivity contribution in [1.82, 2.24) is 0 Å². The Labute approximate surface area is 180 Å². The van der Waals surface area contributed by atoms with Gasteiger partial charge in [-0.15, -0.1) is 0 Å². The van der Waals surface area contributed by atoms with Gasteiger partial charge in [-0.3, -0.25) is 4.79 Å². The van der Waals surface area contributed by atoms with Crippen LogP contribution in [-0.2, 0) is 11.2 Å². The van der Waals surface area contributed by atoms with Crippen molar-refractivity contribution in [2.24, 2.45) is 23.5 Å². The van der Waals surface area contributed by atoms with E-state index in [-0.39, 0.29) is 23.7 Å². The quantitative estimate of drug-likeness (QED) is 0.394. The molecule has 1 aliphatic carbocycles. The lowest BCUT2D eigenvalue weighted by atomic mass is 9.89. The predicted octanol–water partition coefficient (Wildman–Crippen LogP) is 3.13. The second-order valence-electron chi connectivity index (χ2n) is 8.38. The Bertz CT molecular complexity index is 688. The lowest BCUT2D eigenvalue weighted by Gasteiger charge is -2.19. The van der Waals surface area contributed by atoms with Gasteiger partial charge >= 0.3 is 0 Å². The Hall–Kier alpha value is -1.95. The summed E-state index contributed by atoms with van der Waals surface area (Å²) in [6.45, 7) is 1.96. The molecule has 1 amide bonds. The van der Waals surface area contributed by atoms with Crippen LogP contribution in [0.3, 0.4) is 0 Å². The van der Waals surface area contributed by atoms with E-state index in [4.69, 9.17) is 5.73 Å². The van der Waals surface area contributed by atoms with E-state index >= 15 is 0 Å². The van der Waals surface area contributed by atoms with E-state index in [0.717, 1.165) is 25.7 Å². The Kier molecular flexibility index (Phi) is 10.3. The smallest absolute Gasteiger partial charge is 0.220 e. The van der Waals surface area contributed by atoms with Crippen LogP contribution in [0.15, 0.2) is 54.6 Å². The molecule has 0 aromatic heterocycles. The van der Waals surface area contributed by atoms with Crippen molar-refractivity contribution < 1.29 is 20.1 Å². The number of amides is 1. The molecule has 0 saturated heterocycles. The van der Waals surface area contributed by atoms with E-state index in [9.17, 15) is 20.1 Å². The van der Waals surface area contributed by atoms with Crippen molar-refractivity contribution in [1.29, 1.82) is 0 Å². The van der Waals surface area contributed by atoms with Crippen LogP contribution in [0, 0.1) is 17.8 Å². The van der Waals surface area contributed by atoms with E-state index in [2.05, 4.69) is 0 Å². The number of aliphatic hydroxyl groups is 3. The molecule has 0 spiro atoms. The molecule has 2 rings (SSSR count). The molecular weight excluding hydrogens is 378 g/mol. The van der Waals surface area contributed by atoms with Crippen LogP contribution in [0.2, 0.25) is 0 Å². The number of allylic oxidation sites excluding steroid dienone is 2. The van der Waals surface area contributed by atoms with E-state index in [1.54, 1.807) is 6.08 Å². The first-order chi connectivity index (χ1) is 14.4. The van der Waals surface area contributed by atoms with Gasteiger partial charge in [0.15, 0.2) is 0 Å². The Balaban J connectivity index is 1.83. The van der Waals surface area contributed by atoms with Crippen molar-refractivity contribution in [2.75, 3.05) is 0 Å². The molecule has 1 aromatic carbocycles. The number of rotatable bonds is 12. The summed E-state index contributed by atoms with van der Waals surface area (Å²) in [7, 11) is 0. The van der Waals surface area contributed by atoms with Crippen molar-refractivity contribution in [3.63, 3.8) is 0 Å². The van der Waals surface area contributed by atoms with Gasteiger partial charge in [0.2, 0.25) is 5.91 Å². The number of primary amides is 1. The maximum absolute atomic E-state index is 11.3. The minimum absolute atomic E-state index is 0.0769. The van der Waals surface area contributed by atoms with Crippen molar-refractivity contribution in [3.8, 4) is 0 Å². The molecule has 0 radical (unpaired) electrons. The third-order valence-electron chi connectivity index (χ3n) is 6.19. The third kappa shape index (κ3) is 7.71. The first-order valence-corrected chi connectivity index (χ1v) is 11.1. The van der Waals surface area contributed by atoms with E-state index in [1.165, 1.54) is 5.56 Å². The SMILES string of the molecule is CCC(CCC=CC[C@@H]1[C@@H](C=C[C@H](O)CCc2ccccc2)[C@H](O)C[C@@H]1O)C(N)=O. The number of benzene rings is 1. The molecule has 5 nitrogen and oxygen atoms in total. The summed E-state index contributed by atoms with van der Waals surface area (Å²) >= 11 is 0. The zero-order valence-electron chi connectivity index (χ0n) is 17.9. The third-order valence-corrected chi connectivity index (χ3v) is 6.19. The lowest BCUT2D eigenvalue weighted by Crippen LogP contribution is -2.22. The van der Waals surface area contributed by atoms with Gasteiger partial charge in [-0.25, -0.2) is 0 Å². The van der Waals surface area contributed by atoms with Crippen LogP contribution in [0.25, 0.3) is 0 Å². The van der Waals surface area contributed by atoms with Crippen LogP contribution >= 0.6 is 0 Å². The maximum atomic E-state index is 11.3. The van der Waals surface area contributed by atoms with E-state index < -0.39 is 18.3 Å². The first-order valence-electron chi connectivity index (χ1n) is 11.1. The summed E-state index contributed by atoms with van der Waals surface area (Å²) in [6, 6.07) is 10.0. The zero-order valence-corrected chi connectivity index (χ0v) is 17.9. The average molecular weight is 416 g/mol. The van der Waals surface area contributed by atoms with Crippen LogP contribution in [-0.4, -0.2) is 39.5 Å². The number of aliphatic hydroxyl groups excluding tert-OH is 3. The molecule has 5 N–H and O–H groups in total. The summed E-state index contributed by atoms with van der Waals surface area (Å²) in [6.07, 6.45) is 10.6. The Morgan fingerprint density at radius 1 is 1.17 bits per heavy atom. The van der Waals surface area contributed by atoms with Crippen LogP contribution in [0.4, 0.5) is 0 Å². The summed E-state index contributed by atoms with van der Waals surface area (Å²) in [5, 5.41) is 31.0. The van der Waals surface area contributed by atoms with Gasteiger partial charge in [0, 0.05) is 18.3 Å². The number of carbonyl (C=O) groups excluding carboxylic acids is 1. The van der Waals surface area contributed by atoms with Crippen molar-refractivity contribution >= 4 is 5.91 Å². The second-order valence-corrected chi connectivity index (χ2v) is 8.38. The largest absolute Gasteiger partial charge is 0.393 e. The lowest BCUT2D eigenvalue weighted by molar-refractivity contribution is -0.122. The van der Waals surface area contributed by atoms with Gasteiger partial charge in [0.05, 0.1) is 18.3 Å². The minimum atomic E-state index is -0.602. The number of hydrogen-bond acceptors (Lipinski definition) is 4. The van der Waals surface area contributed by atoms with E-state index in [1.807, 2.05) is 55.5 Å². The molecule has 30 heavy (non-hydrogen) atoms. The summed E-state index contributed by atoms with van der Waals surface area (Å²) < 4.78 is 0. The molecular formula is C25H37NO4. The highest BCUT2D eigenvalue weighted by Gasteiger charge is 2.39. The van der Waals surface area contributed by atoms with Gasteiger partial charge in [-0.1, -0.05) is 61.6 Å². The average Bonchev–Trinajstić information content (AvgIpc) is 3.00. The standard InChI is InChI=1S/C25H37NO4/c1-2-19(25(26)30)11-7-4-8-12-21-22(24(29)17-23(21)28)16-15-20(27)14-13-18-9-5-3-6-10-18/h3-6,8-10,15-16,19-24,27-29H,2,7,11-14,17H2,1H3,(H2,26,30)/t19?,20-,21-,22-,23+,24-/m1/s1. The van der Waals surface area contributed by atoms with Gasteiger partial charge in [0.1, 0.15) is 0 Å². The maximum Gasteiger partial charge on any atom is 0.220 e. The number of hydrogen-bond donors (Lipinski definition) is 4. The topological polar surface area (TPSA) is 104 Å². The molecule has 0 bridgehead atoms. The molecule has 1 fully saturated rings. The monoisotopic (exact) mass is 415 g/mol. The molecule has 0 aliphatic heterocycles. The highest BCUT2D eigenvalue weighted by Crippen LogP contribution is 2.36. The van der Waals surface area contributed by atoms with Gasteiger partial charge in [-0.2, -0.15) is 0 Å². The van der Waals surface area contributed by atoms with Gasteiger partial charge < -0.3 is 21.1 Å². The van der Waals surface area contributed by atoms with Gasteiger partial charge in [0.25, 0.3) is 0 Å². The highest BCUT2D eigenvalue weighted by atomic mass is 16.3. The highest BCUT2D eigenvalue weighted by molar-refractivity contribution is 5.76. The van der Waals surface area contributed by atoms with E-state index in [0.29, 0.717) is 19.3 Å². The Morgan fingerprint density at radius 2 is 1.90 bits per heavy atom. The van der Waals surface area contributed by atoms with Crippen LogP contribution < -0.4 is 5.73 Å². The predicted molar refractivity (Wildman–Crippen MR) is 119 cm³/mol. The summed E-state index contributed by atoms with van der Waals surface area (Å²) in [5.41, 5.74) is 6.56. The molecule has 5 heteroatoms. The summed E-state index contributed by atoms with van der Waals surface area (Å²) in [5.74, 6) is -0.602. The fourth-order valence-electron chi connectivity index (χ4n) is 4.23. The number of carbonyl (C=O) groups is 1. The van der Waals surface area contributed by atoms with Crippen molar-refractivity contribution in [3.05, 3.63) is 60.2 Å². The molecule has 1 unspecified atom stereocenters.